The summed E-state index contributed by atoms with van der Waals surface area (Å²) in [6.07, 6.45) is -0.271. The van der Waals surface area contributed by atoms with Crippen LogP contribution in [0.4, 0.5) is 28.8 Å². The first-order chi connectivity index (χ1) is 15.7. The molecule has 4 N–H and O–H groups in total. The van der Waals surface area contributed by atoms with Gasteiger partial charge >= 0.3 is 0 Å². The molecular formula is C20H14Cl2N6O5. The lowest BCUT2D eigenvalue weighted by atomic mass is 9.92. The van der Waals surface area contributed by atoms with Crippen LogP contribution in [0, 0.1) is 10.1 Å². The number of carbonyl (C=O) groups excluding carboxylic acids is 2. The second-order valence-electron chi connectivity index (χ2n) is 7.06. The second-order valence-corrected chi connectivity index (χ2v) is 7.93. The molecule has 4 rings (SSSR count). The fourth-order valence-corrected chi connectivity index (χ4v) is 3.84. The van der Waals surface area contributed by atoms with Crippen molar-refractivity contribution in [3.05, 3.63) is 78.5 Å². The van der Waals surface area contributed by atoms with E-state index in [1.807, 2.05) is 0 Å². The van der Waals surface area contributed by atoms with Crippen molar-refractivity contribution in [2.45, 2.75) is 12.3 Å². The number of fused-ring (bicyclic) bond motifs is 1. The van der Waals surface area contributed by atoms with Gasteiger partial charge in [0.25, 0.3) is 11.2 Å². The van der Waals surface area contributed by atoms with Crippen LogP contribution in [-0.4, -0.2) is 26.7 Å². The minimum atomic E-state index is -1.12. The summed E-state index contributed by atoms with van der Waals surface area (Å²) in [7, 11) is 0. The summed E-state index contributed by atoms with van der Waals surface area (Å²) in [5.74, 6) is -2.30. The van der Waals surface area contributed by atoms with E-state index in [1.54, 1.807) is 12.1 Å². The Balaban J connectivity index is 1.61. The molecule has 2 amide bonds. The van der Waals surface area contributed by atoms with E-state index in [0.717, 1.165) is 0 Å². The van der Waals surface area contributed by atoms with Crippen molar-refractivity contribution in [3.63, 3.8) is 0 Å². The Morgan fingerprint density at radius 3 is 2.39 bits per heavy atom. The number of nitro benzene ring substituents is 1. The van der Waals surface area contributed by atoms with Gasteiger partial charge in [0.1, 0.15) is 5.82 Å². The van der Waals surface area contributed by atoms with E-state index in [9.17, 15) is 24.5 Å². The number of anilines is 4. The number of carbonyl (C=O) groups is 2. The lowest BCUT2D eigenvalue weighted by molar-refractivity contribution is -0.384. The number of H-pyrrole nitrogens is 1. The molecular weight excluding hydrogens is 475 g/mol. The third-order valence-electron chi connectivity index (χ3n) is 4.74. The SMILES string of the molecule is O=C1C[C@@H](C(=O)Nc2ccc([N+](=O)[O-])cc2)c2c(nc(Nc3cc(Cl)cc(Cl)c3)[nH]c2=O)N1. The van der Waals surface area contributed by atoms with Gasteiger partial charge in [-0.1, -0.05) is 23.2 Å². The minimum absolute atomic E-state index is 0.00816. The zero-order chi connectivity index (χ0) is 23.7. The molecule has 2 heterocycles. The predicted octanol–water partition coefficient (Wildman–Crippen LogP) is 3.79. The van der Waals surface area contributed by atoms with Crippen LogP contribution in [0.1, 0.15) is 17.9 Å². The van der Waals surface area contributed by atoms with E-state index in [1.165, 1.54) is 30.3 Å². The fourth-order valence-electron chi connectivity index (χ4n) is 3.31. The third-order valence-corrected chi connectivity index (χ3v) is 5.17. The summed E-state index contributed by atoms with van der Waals surface area (Å²) in [6, 6.07) is 9.82. The Morgan fingerprint density at radius 2 is 1.76 bits per heavy atom. The number of non-ortho nitro benzene ring substituents is 1. The highest BCUT2D eigenvalue weighted by atomic mass is 35.5. The lowest BCUT2D eigenvalue weighted by Crippen LogP contribution is -2.36. The molecule has 2 aromatic carbocycles. The Hall–Kier alpha value is -3.96. The number of benzene rings is 2. The summed E-state index contributed by atoms with van der Waals surface area (Å²) < 4.78 is 0. The van der Waals surface area contributed by atoms with Gasteiger partial charge in [0.2, 0.25) is 17.8 Å². The average molecular weight is 489 g/mol. The maximum atomic E-state index is 12.8. The van der Waals surface area contributed by atoms with E-state index in [2.05, 4.69) is 25.9 Å². The summed E-state index contributed by atoms with van der Waals surface area (Å²) in [5, 5.41) is 19.4. The third kappa shape index (κ3) is 4.94. The van der Waals surface area contributed by atoms with E-state index in [4.69, 9.17) is 23.2 Å². The number of nitrogens with zero attached hydrogens (tertiary/aromatic N) is 2. The monoisotopic (exact) mass is 488 g/mol. The lowest BCUT2D eigenvalue weighted by Gasteiger charge is -2.23. The van der Waals surface area contributed by atoms with Gasteiger partial charge in [-0.15, -0.1) is 0 Å². The number of aromatic amines is 1. The van der Waals surface area contributed by atoms with E-state index in [-0.39, 0.29) is 35.1 Å². The van der Waals surface area contributed by atoms with Crippen molar-refractivity contribution in [1.29, 1.82) is 0 Å². The van der Waals surface area contributed by atoms with Gasteiger partial charge in [-0.3, -0.25) is 29.5 Å². The Bertz CT molecular complexity index is 1320. The van der Waals surface area contributed by atoms with Crippen LogP contribution in [0.25, 0.3) is 0 Å². The van der Waals surface area contributed by atoms with Crippen molar-refractivity contribution in [1.82, 2.24) is 9.97 Å². The fraction of sp³-hybridized carbons (Fsp3) is 0.100. The van der Waals surface area contributed by atoms with Gasteiger partial charge < -0.3 is 16.0 Å². The Morgan fingerprint density at radius 1 is 1.09 bits per heavy atom. The quantitative estimate of drug-likeness (QED) is 0.313. The standard InChI is InChI=1S/C20H14Cl2N6O5/c21-9-5-10(22)7-12(6-9)24-20-26-17-16(19(31)27-20)14(8-15(29)25-17)18(30)23-11-1-3-13(4-2-11)28(32)33/h1-7,14H,8H2,(H,23,30)(H3,24,25,26,27,29,31)/t14-/m1/s1. The summed E-state index contributed by atoms with van der Waals surface area (Å²) in [5.41, 5.74) is -0.0518. The molecule has 33 heavy (non-hydrogen) atoms. The molecule has 1 aliphatic rings. The highest BCUT2D eigenvalue weighted by molar-refractivity contribution is 6.35. The maximum absolute atomic E-state index is 12.8. The van der Waals surface area contributed by atoms with Crippen LogP contribution >= 0.6 is 23.2 Å². The maximum Gasteiger partial charge on any atom is 0.269 e. The highest BCUT2D eigenvalue weighted by Gasteiger charge is 2.34. The zero-order valence-corrected chi connectivity index (χ0v) is 18.0. The van der Waals surface area contributed by atoms with Crippen LogP contribution in [0.5, 0.6) is 0 Å². The molecule has 0 spiro atoms. The number of aromatic nitrogens is 2. The molecule has 0 aliphatic carbocycles. The molecule has 1 atom stereocenters. The van der Waals surface area contributed by atoms with Crippen LogP contribution in [-0.2, 0) is 9.59 Å². The average Bonchev–Trinajstić information content (AvgIpc) is 2.72. The molecule has 0 saturated carbocycles. The van der Waals surface area contributed by atoms with Crippen LogP contribution < -0.4 is 21.5 Å². The first-order valence-electron chi connectivity index (χ1n) is 9.42. The molecule has 1 aliphatic heterocycles. The van der Waals surface area contributed by atoms with Gasteiger partial charge in [-0.2, -0.15) is 4.98 Å². The molecule has 0 saturated heterocycles. The molecule has 0 bridgehead atoms. The topological polar surface area (TPSA) is 159 Å². The molecule has 168 valence electrons. The summed E-state index contributed by atoms with van der Waals surface area (Å²) >= 11 is 12.0. The largest absolute Gasteiger partial charge is 0.326 e. The van der Waals surface area contributed by atoms with Crippen molar-refractivity contribution in [2.24, 2.45) is 0 Å². The zero-order valence-electron chi connectivity index (χ0n) is 16.5. The van der Waals surface area contributed by atoms with Crippen molar-refractivity contribution < 1.29 is 14.5 Å². The molecule has 1 aromatic heterocycles. The predicted molar refractivity (Wildman–Crippen MR) is 122 cm³/mol. The molecule has 0 fully saturated rings. The number of amides is 2. The first-order valence-corrected chi connectivity index (χ1v) is 10.2. The van der Waals surface area contributed by atoms with Crippen LogP contribution in [0.2, 0.25) is 10.0 Å². The summed E-state index contributed by atoms with van der Waals surface area (Å²) in [6.45, 7) is 0. The van der Waals surface area contributed by atoms with Gasteiger partial charge in [0.05, 0.1) is 16.4 Å². The smallest absolute Gasteiger partial charge is 0.269 e. The number of rotatable bonds is 5. The molecule has 0 radical (unpaired) electrons. The van der Waals surface area contributed by atoms with Gasteiger partial charge in [-0.05, 0) is 30.3 Å². The molecule has 0 unspecified atom stereocenters. The second kappa shape index (κ2) is 8.88. The van der Waals surface area contributed by atoms with Crippen molar-refractivity contribution in [3.8, 4) is 0 Å². The van der Waals surface area contributed by atoms with Crippen LogP contribution in [0.3, 0.4) is 0 Å². The van der Waals surface area contributed by atoms with Crippen molar-refractivity contribution in [2.75, 3.05) is 16.0 Å². The minimum Gasteiger partial charge on any atom is -0.326 e. The summed E-state index contributed by atoms with van der Waals surface area (Å²) in [4.78, 5) is 54.8. The number of nitro groups is 1. The van der Waals surface area contributed by atoms with Gasteiger partial charge in [0.15, 0.2) is 0 Å². The number of halogens is 2. The number of hydrogen-bond donors (Lipinski definition) is 4. The van der Waals surface area contributed by atoms with Crippen LogP contribution in [0.15, 0.2) is 47.3 Å². The first kappa shape index (κ1) is 22.2. The Labute approximate surface area is 195 Å². The molecule has 13 heteroatoms. The van der Waals surface area contributed by atoms with E-state index >= 15 is 0 Å². The highest BCUT2D eigenvalue weighted by Crippen LogP contribution is 2.31. The number of hydrogen-bond acceptors (Lipinski definition) is 7. The molecule has 11 nitrogen and oxygen atoms in total. The number of nitrogens with one attached hydrogen (secondary N) is 4. The van der Waals surface area contributed by atoms with Gasteiger partial charge in [-0.25, -0.2) is 0 Å². The van der Waals surface area contributed by atoms with Crippen molar-refractivity contribution >= 4 is 63.8 Å². The molecule has 3 aromatic rings. The normalized spacial score (nSPS) is 14.7. The van der Waals surface area contributed by atoms with E-state index < -0.39 is 28.2 Å². The van der Waals surface area contributed by atoms with E-state index in [0.29, 0.717) is 15.7 Å². The Kier molecular flexibility index (Phi) is 5.99. The van der Waals surface area contributed by atoms with Gasteiger partial charge in [0, 0.05) is 40.0 Å².